The molecule has 1 N–H and O–H groups in total. The van der Waals surface area contributed by atoms with Gasteiger partial charge in [-0.25, -0.2) is 0 Å². The van der Waals surface area contributed by atoms with Crippen molar-refractivity contribution in [3.05, 3.63) is 41.2 Å². The van der Waals surface area contributed by atoms with Gasteiger partial charge in [-0.1, -0.05) is 11.6 Å². The summed E-state index contributed by atoms with van der Waals surface area (Å²) in [6.07, 6.45) is 3.73. The molecule has 1 aromatic carbocycles. The minimum atomic E-state index is 0.419. The van der Waals surface area contributed by atoms with E-state index in [1.165, 1.54) is 33.4 Å². The molecular weight excluding hydrogens is 234 g/mol. The smallest absolute Gasteiger partial charge is 0.0958 e. The third kappa shape index (κ3) is 1.33. The summed E-state index contributed by atoms with van der Waals surface area (Å²) in [6, 6.07) is 6.78. The lowest BCUT2D eigenvalue weighted by atomic mass is 10.0. The maximum Gasteiger partial charge on any atom is 0.0958 e. The number of nitrogens with zero attached hydrogens (tertiary/aromatic N) is 2. The number of aryl methyl sites for hydroxylation is 2. The zero-order valence-electron chi connectivity index (χ0n) is 11.7. The van der Waals surface area contributed by atoms with Gasteiger partial charge in [0.15, 0.2) is 0 Å². The number of aromatic nitrogens is 1. The fourth-order valence-electron chi connectivity index (χ4n) is 3.55. The Labute approximate surface area is 113 Å². The van der Waals surface area contributed by atoms with Gasteiger partial charge >= 0.3 is 0 Å². The summed E-state index contributed by atoms with van der Waals surface area (Å²) in [5.41, 5.74) is 6.95. The van der Waals surface area contributed by atoms with Gasteiger partial charge in [0.1, 0.15) is 0 Å². The lowest BCUT2D eigenvalue weighted by Crippen LogP contribution is -2.37. The molecule has 3 heterocycles. The zero-order chi connectivity index (χ0) is 13.1. The van der Waals surface area contributed by atoms with Crippen LogP contribution < -0.4 is 5.32 Å². The molecule has 1 atom stereocenters. The van der Waals surface area contributed by atoms with E-state index in [9.17, 15) is 0 Å². The number of hydrogen-bond donors (Lipinski definition) is 1. The fraction of sp³-hybridized carbons (Fsp3) is 0.375. The molecule has 3 nitrogen and oxygen atoms in total. The molecule has 1 unspecified atom stereocenters. The summed E-state index contributed by atoms with van der Waals surface area (Å²) in [4.78, 5) is 2.47. The van der Waals surface area contributed by atoms with Crippen molar-refractivity contribution in [2.75, 3.05) is 6.54 Å². The monoisotopic (exact) mass is 253 g/mol. The first-order chi connectivity index (χ1) is 9.16. The largest absolute Gasteiger partial charge is 0.370 e. The predicted octanol–water partition coefficient (Wildman–Crippen LogP) is 2.59. The average Bonchev–Trinajstić information content (AvgIpc) is 2.90. The van der Waals surface area contributed by atoms with E-state index in [2.05, 4.69) is 60.1 Å². The number of rotatable bonds is 0. The van der Waals surface area contributed by atoms with E-state index >= 15 is 0 Å². The highest BCUT2D eigenvalue weighted by Crippen LogP contribution is 2.38. The van der Waals surface area contributed by atoms with Gasteiger partial charge in [-0.3, -0.25) is 0 Å². The molecule has 0 saturated carbocycles. The van der Waals surface area contributed by atoms with Gasteiger partial charge in [0, 0.05) is 30.7 Å². The van der Waals surface area contributed by atoms with E-state index in [4.69, 9.17) is 0 Å². The van der Waals surface area contributed by atoms with Crippen LogP contribution in [0.15, 0.2) is 24.4 Å². The standard InChI is InChI=1S/C16H19N3/c1-10-4-5-14-13(8-10)12-6-7-19-11(2)17-9-15(19)16(12)18(14)3/h4-5,8-9,11,17H,6-7H2,1-3H3. The number of hydrogen-bond acceptors (Lipinski definition) is 2. The molecule has 98 valence electrons. The summed E-state index contributed by atoms with van der Waals surface area (Å²) >= 11 is 0. The molecule has 0 aliphatic carbocycles. The SMILES string of the molecule is Cc1ccc2c(c1)c1c(n2C)C2=CNC(C)N2CC1. The lowest BCUT2D eigenvalue weighted by Gasteiger charge is -2.31. The van der Waals surface area contributed by atoms with Crippen molar-refractivity contribution in [2.45, 2.75) is 26.4 Å². The topological polar surface area (TPSA) is 20.2 Å². The first kappa shape index (κ1) is 11.0. The summed E-state index contributed by atoms with van der Waals surface area (Å²) in [6.45, 7) is 5.51. The summed E-state index contributed by atoms with van der Waals surface area (Å²) in [7, 11) is 2.18. The fourth-order valence-corrected chi connectivity index (χ4v) is 3.55. The van der Waals surface area contributed by atoms with Gasteiger partial charge in [0.2, 0.25) is 0 Å². The van der Waals surface area contributed by atoms with Crippen LogP contribution in [0.25, 0.3) is 16.6 Å². The molecule has 4 rings (SSSR count). The Balaban J connectivity index is 2.03. The predicted molar refractivity (Wildman–Crippen MR) is 78.6 cm³/mol. The second-order valence-electron chi connectivity index (χ2n) is 5.72. The summed E-state index contributed by atoms with van der Waals surface area (Å²) in [5.74, 6) is 0. The molecule has 0 amide bonds. The van der Waals surface area contributed by atoms with Crippen LogP contribution in [0, 0.1) is 6.92 Å². The van der Waals surface area contributed by atoms with E-state index in [0.29, 0.717) is 6.17 Å². The van der Waals surface area contributed by atoms with Gasteiger partial charge in [-0.15, -0.1) is 0 Å². The Bertz CT molecular complexity index is 708. The second kappa shape index (κ2) is 3.56. The molecule has 2 aromatic rings. The van der Waals surface area contributed by atoms with Crippen molar-refractivity contribution < 1.29 is 0 Å². The first-order valence-corrected chi connectivity index (χ1v) is 6.98. The van der Waals surface area contributed by atoms with Crippen LogP contribution in [-0.2, 0) is 13.5 Å². The van der Waals surface area contributed by atoms with Crippen LogP contribution in [-0.4, -0.2) is 22.2 Å². The normalized spacial score (nSPS) is 21.1. The van der Waals surface area contributed by atoms with Crippen molar-refractivity contribution >= 4 is 16.6 Å². The maximum atomic E-state index is 3.44. The van der Waals surface area contributed by atoms with Crippen LogP contribution >= 0.6 is 0 Å². The summed E-state index contributed by atoms with van der Waals surface area (Å²) in [5, 5.41) is 4.86. The Kier molecular flexibility index (Phi) is 2.06. The second-order valence-corrected chi connectivity index (χ2v) is 5.72. The quantitative estimate of drug-likeness (QED) is 0.779. The van der Waals surface area contributed by atoms with E-state index in [1.807, 2.05) is 0 Å². The van der Waals surface area contributed by atoms with Crippen molar-refractivity contribution in [3.8, 4) is 0 Å². The van der Waals surface area contributed by atoms with Crippen LogP contribution in [0.5, 0.6) is 0 Å². The number of benzene rings is 1. The van der Waals surface area contributed by atoms with Crippen molar-refractivity contribution in [1.29, 1.82) is 0 Å². The molecule has 3 heteroatoms. The van der Waals surface area contributed by atoms with Crippen molar-refractivity contribution in [2.24, 2.45) is 7.05 Å². The first-order valence-electron chi connectivity index (χ1n) is 6.98. The Hall–Kier alpha value is -1.90. The van der Waals surface area contributed by atoms with Gasteiger partial charge < -0.3 is 14.8 Å². The molecule has 0 saturated heterocycles. The molecule has 0 spiro atoms. The lowest BCUT2D eigenvalue weighted by molar-refractivity contribution is 0.307. The van der Waals surface area contributed by atoms with Crippen LogP contribution in [0.4, 0.5) is 0 Å². The number of nitrogens with one attached hydrogen (secondary N) is 1. The highest BCUT2D eigenvalue weighted by atomic mass is 15.3. The third-order valence-corrected chi connectivity index (χ3v) is 4.54. The number of fused-ring (bicyclic) bond motifs is 5. The Morgan fingerprint density at radius 3 is 3.00 bits per heavy atom. The third-order valence-electron chi connectivity index (χ3n) is 4.54. The minimum absolute atomic E-state index is 0.419. The van der Waals surface area contributed by atoms with E-state index in [1.54, 1.807) is 0 Å². The van der Waals surface area contributed by atoms with E-state index in [0.717, 1.165) is 13.0 Å². The van der Waals surface area contributed by atoms with Gasteiger partial charge in [0.25, 0.3) is 0 Å². The van der Waals surface area contributed by atoms with Gasteiger partial charge in [0.05, 0.1) is 17.6 Å². The van der Waals surface area contributed by atoms with Gasteiger partial charge in [-0.05, 0) is 38.0 Å². The minimum Gasteiger partial charge on any atom is -0.370 e. The molecule has 2 aliphatic heterocycles. The molecule has 0 radical (unpaired) electrons. The zero-order valence-corrected chi connectivity index (χ0v) is 11.7. The molecule has 1 aromatic heterocycles. The molecule has 0 bridgehead atoms. The van der Waals surface area contributed by atoms with Crippen LogP contribution in [0.3, 0.4) is 0 Å². The van der Waals surface area contributed by atoms with E-state index < -0.39 is 0 Å². The van der Waals surface area contributed by atoms with Crippen LogP contribution in [0.2, 0.25) is 0 Å². The van der Waals surface area contributed by atoms with Gasteiger partial charge in [-0.2, -0.15) is 0 Å². The summed E-state index contributed by atoms with van der Waals surface area (Å²) < 4.78 is 2.35. The molecule has 2 aliphatic rings. The maximum absolute atomic E-state index is 3.44. The highest BCUT2D eigenvalue weighted by Gasteiger charge is 2.32. The van der Waals surface area contributed by atoms with Crippen molar-refractivity contribution in [1.82, 2.24) is 14.8 Å². The van der Waals surface area contributed by atoms with E-state index in [-0.39, 0.29) is 0 Å². The van der Waals surface area contributed by atoms with Crippen LogP contribution in [0.1, 0.15) is 23.7 Å². The molecule has 0 fully saturated rings. The Morgan fingerprint density at radius 1 is 1.32 bits per heavy atom. The molecule has 19 heavy (non-hydrogen) atoms. The Morgan fingerprint density at radius 2 is 2.16 bits per heavy atom. The van der Waals surface area contributed by atoms with Crippen molar-refractivity contribution in [3.63, 3.8) is 0 Å². The molecular formula is C16H19N3. The average molecular weight is 253 g/mol. The highest BCUT2D eigenvalue weighted by molar-refractivity contribution is 5.91.